The average molecular weight is 226 g/mol. The minimum absolute atomic E-state index is 0.153. The Morgan fingerprint density at radius 3 is 3.00 bits per heavy atom. The first-order chi connectivity index (χ1) is 7.59. The molecule has 2 saturated heterocycles. The van der Waals surface area contributed by atoms with Crippen LogP contribution in [0.1, 0.15) is 39.5 Å². The number of nitrogens with one attached hydrogen (secondary N) is 1. The second-order valence-electron chi connectivity index (χ2n) is 6.09. The lowest BCUT2D eigenvalue weighted by Crippen LogP contribution is -2.41. The zero-order valence-electron chi connectivity index (χ0n) is 10.7. The molecule has 0 aromatic rings. The van der Waals surface area contributed by atoms with Gasteiger partial charge in [0.1, 0.15) is 0 Å². The van der Waals surface area contributed by atoms with Gasteiger partial charge in [0.2, 0.25) is 0 Å². The molecule has 3 heteroatoms. The van der Waals surface area contributed by atoms with E-state index in [1.54, 1.807) is 0 Å². The maximum absolute atomic E-state index is 9.52. The maximum Gasteiger partial charge on any atom is 0.0527 e. The van der Waals surface area contributed by atoms with Gasteiger partial charge >= 0.3 is 0 Å². The van der Waals surface area contributed by atoms with Crippen molar-refractivity contribution >= 4 is 0 Å². The van der Waals surface area contributed by atoms with E-state index in [1.165, 1.54) is 38.9 Å². The fraction of sp³-hybridized carbons (Fsp3) is 1.00. The first-order valence-corrected chi connectivity index (χ1v) is 6.72. The maximum atomic E-state index is 9.52. The van der Waals surface area contributed by atoms with Crippen LogP contribution in [0.5, 0.6) is 0 Å². The van der Waals surface area contributed by atoms with Crippen LogP contribution >= 0.6 is 0 Å². The van der Waals surface area contributed by atoms with E-state index < -0.39 is 0 Å². The van der Waals surface area contributed by atoms with Crippen LogP contribution in [0.25, 0.3) is 0 Å². The molecule has 3 unspecified atom stereocenters. The molecule has 2 aliphatic rings. The Labute approximate surface area is 99.2 Å². The monoisotopic (exact) mass is 226 g/mol. The average Bonchev–Trinajstić information content (AvgIpc) is 2.77. The van der Waals surface area contributed by atoms with Crippen LogP contribution in [0.4, 0.5) is 0 Å². The van der Waals surface area contributed by atoms with Gasteiger partial charge in [0, 0.05) is 19.1 Å². The van der Waals surface area contributed by atoms with Crippen molar-refractivity contribution in [2.24, 2.45) is 5.41 Å². The lowest BCUT2D eigenvalue weighted by molar-refractivity contribution is 0.109. The lowest BCUT2D eigenvalue weighted by Gasteiger charge is -2.33. The first-order valence-electron chi connectivity index (χ1n) is 6.72. The molecule has 2 N–H and O–H groups in total. The van der Waals surface area contributed by atoms with Gasteiger partial charge in [0.25, 0.3) is 0 Å². The lowest BCUT2D eigenvalue weighted by atomic mass is 9.88. The van der Waals surface area contributed by atoms with Crippen molar-refractivity contribution in [2.45, 2.75) is 51.7 Å². The van der Waals surface area contributed by atoms with Gasteiger partial charge in [-0.1, -0.05) is 6.92 Å². The van der Waals surface area contributed by atoms with Gasteiger partial charge in [-0.2, -0.15) is 0 Å². The Morgan fingerprint density at radius 2 is 2.38 bits per heavy atom. The normalized spacial score (nSPS) is 38.1. The molecule has 3 nitrogen and oxygen atoms in total. The van der Waals surface area contributed by atoms with Crippen molar-refractivity contribution in [3.63, 3.8) is 0 Å². The Kier molecular flexibility index (Phi) is 3.88. The summed E-state index contributed by atoms with van der Waals surface area (Å²) in [4.78, 5) is 2.61. The van der Waals surface area contributed by atoms with E-state index in [0.29, 0.717) is 11.5 Å². The molecule has 0 aliphatic carbocycles. The summed E-state index contributed by atoms with van der Waals surface area (Å²) in [5, 5.41) is 13.0. The van der Waals surface area contributed by atoms with E-state index in [2.05, 4.69) is 17.1 Å². The van der Waals surface area contributed by atoms with Gasteiger partial charge in [0.15, 0.2) is 0 Å². The predicted octanol–water partition coefficient (Wildman–Crippen LogP) is 1.22. The summed E-state index contributed by atoms with van der Waals surface area (Å²) in [5.74, 6) is 0. The fourth-order valence-electron chi connectivity index (χ4n) is 3.26. The van der Waals surface area contributed by atoms with Gasteiger partial charge in [-0.3, -0.25) is 4.90 Å². The molecular formula is C13H26N2O. The summed E-state index contributed by atoms with van der Waals surface area (Å²) in [6.07, 6.45) is 4.67. The Bertz CT molecular complexity index is 224. The predicted molar refractivity (Wildman–Crippen MR) is 66.5 cm³/mol. The second kappa shape index (κ2) is 5.03. The Morgan fingerprint density at radius 1 is 1.56 bits per heavy atom. The summed E-state index contributed by atoms with van der Waals surface area (Å²) in [6.45, 7) is 9.07. The van der Waals surface area contributed by atoms with Crippen LogP contribution in [0.15, 0.2) is 0 Å². The summed E-state index contributed by atoms with van der Waals surface area (Å²) < 4.78 is 0. The zero-order chi connectivity index (χ0) is 11.6. The molecule has 0 spiro atoms. The second-order valence-corrected chi connectivity index (χ2v) is 6.09. The van der Waals surface area contributed by atoms with Crippen LogP contribution in [0, 0.1) is 5.41 Å². The Balaban J connectivity index is 1.87. The van der Waals surface area contributed by atoms with Crippen molar-refractivity contribution in [3.8, 4) is 0 Å². The largest absolute Gasteiger partial charge is 0.393 e. The minimum Gasteiger partial charge on any atom is -0.393 e. The zero-order valence-corrected chi connectivity index (χ0v) is 10.7. The standard InChI is InChI=1S/C13H26N2O/c1-11(16)8-12-4-3-7-15(12)10-13(2)5-6-14-9-13/h11-12,14,16H,3-10H2,1-2H3. The highest BCUT2D eigenvalue weighted by Gasteiger charge is 2.35. The number of likely N-dealkylation sites (tertiary alicyclic amines) is 1. The molecule has 2 heterocycles. The summed E-state index contributed by atoms with van der Waals surface area (Å²) >= 11 is 0. The van der Waals surface area contributed by atoms with Gasteiger partial charge in [-0.25, -0.2) is 0 Å². The number of nitrogens with zero attached hydrogens (tertiary/aromatic N) is 1. The van der Waals surface area contributed by atoms with Crippen LogP contribution < -0.4 is 5.32 Å². The molecule has 3 atom stereocenters. The van der Waals surface area contributed by atoms with Gasteiger partial charge in [0.05, 0.1) is 6.10 Å². The summed E-state index contributed by atoms with van der Waals surface area (Å²) in [5.41, 5.74) is 0.460. The van der Waals surface area contributed by atoms with Gasteiger partial charge in [-0.15, -0.1) is 0 Å². The first kappa shape index (κ1) is 12.3. The molecule has 0 radical (unpaired) electrons. The molecule has 0 amide bonds. The van der Waals surface area contributed by atoms with Crippen LogP contribution in [0.2, 0.25) is 0 Å². The molecule has 0 aromatic heterocycles. The molecule has 0 saturated carbocycles. The molecule has 0 bridgehead atoms. The fourth-order valence-corrected chi connectivity index (χ4v) is 3.26. The van der Waals surface area contributed by atoms with E-state index in [-0.39, 0.29) is 6.10 Å². The van der Waals surface area contributed by atoms with Crippen molar-refractivity contribution in [1.82, 2.24) is 10.2 Å². The molecular weight excluding hydrogens is 200 g/mol. The third kappa shape index (κ3) is 2.96. The van der Waals surface area contributed by atoms with Crippen molar-refractivity contribution in [2.75, 3.05) is 26.2 Å². The van der Waals surface area contributed by atoms with Crippen LogP contribution in [-0.2, 0) is 0 Å². The van der Waals surface area contributed by atoms with E-state index in [9.17, 15) is 5.11 Å². The van der Waals surface area contributed by atoms with Crippen LogP contribution in [-0.4, -0.2) is 48.3 Å². The Hall–Kier alpha value is -0.120. The highest BCUT2D eigenvalue weighted by atomic mass is 16.3. The number of hydrogen-bond donors (Lipinski definition) is 2. The smallest absolute Gasteiger partial charge is 0.0527 e. The molecule has 2 rings (SSSR count). The van der Waals surface area contributed by atoms with E-state index in [0.717, 1.165) is 13.0 Å². The van der Waals surface area contributed by atoms with E-state index in [1.807, 2.05) is 6.92 Å². The van der Waals surface area contributed by atoms with Crippen molar-refractivity contribution in [1.29, 1.82) is 0 Å². The third-order valence-electron chi connectivity index (χ3n) is 4.15. The molecule has 2 fully saturated rings. The van der Waals surface area contributed by atoms with E-state index >= 15 is 0 Å². The topological polar surface area (TPSA) is 35.5 Å². The quantitative estimate of drug-likeness (QED) is 0.756. The van der Waals surface area contributed by atoms with Crippen molar-refractivity contribution < 1.29 is 5.11 Å². The van der Waals surface area contributed by atoms with Gasteiger partial charge in [-0.05, 0) is 51.1 Å². The highest BCUT2D eigenvalue weighted by molar-refractivity contribution is 4.90. The number of rotatable bonds is 4. The number of aliphatic hydroxyl groups excluding tert-OH is 1. The molecule has 16 heavy (non-hydrogen) atoms. The SMILES string of the molecule is CC(O)CC1CCCN1CC1(C)CCNC1. The number of hydrogen-bond acceptors (Lipinski definition) is 3. The molecule has 94 valence electrons. The molecule has 0 aromatic carbocycles. The third-order valence-corrected chi connectivity index (χ3v) is 4.15. The minimum atomic E-state index is -0.153. The van der Waals surface area contributed by atoms with Crippen molar-refractivity contribution in [3.05, 3.63) is 0 Å². The van der Waals surface area contributed by atoms with Crippen LogP contribution in [0.3, 0.4) is 0 Å². The van der Waals surface area contributed by atoms with Gasteiger partial charge < -0.3 is 10.4 Å². The summed E-state index contributed by atoms with van der Waals surface area (Å²) in [7, 11) is 0. The number of aliphatic hydroxyl groups is 1. The highest BCUT2D eigenvalue weighted by Crippen LogP contribution is 2.30. The van der Waals surface area contributed by atoms with E-state index in [4.69, 9.17) is 0 Å². The molecule has 2 aliphatic heterocycles. The summed E-state index contributed by atoms with van der Waals surface area (Å²) in [6, 6.07) is 0.623.